The van der Waals surface area contributed by atoms with Gasteiger partial charge in [0.05, 0.1) is 5.41 Å². The number of hydrogen-bond acceptors (Lipinski definition) is 5. The first kappa shape index (κ1) is 15.7. The van der Waals surface area contributed by atoms with Gasteiger partial charge in [0.1, 0.15) is 0 Å². The summed E-state index contributed by atoms with van der Waals surface area (Å²) >= 11 is 0.995. The highest BCUT2D eigenvalue weighted by Gasteiger charge is 2.66. The molecule has 22 heavy (non-hydrogen) atoms. The van der Waals surface area contributed by atoms with Gasteiger partial charge in [-0.05, 0) is 35.8 Å². The van der Waals surface area contributed by atoms with Crippen LogP contribution in [-0.4, -0.2) is 16.8 Å². The van der Waals surface area contributed by atoms with E-state index in [2.05, 4.69) is 23.2 Å². The molecule has 1 aromatic carbocycles. The maximum atomic E-state index is 13.1. The topological polar surface area (TPSA) is 55.8 Å². The van der Waals surface area contributed by atoms with Gasteiger partial charge in [-0.25, -0.2) is 5.26 Å². The average molecular weight is 320 g/mol. The van der Waals surface area contributed by atoms with E-state index in [1.54, 1.807) is 0 Å². The minimum Gasteiger partial charge on any atom is -0.294 e. The van der Waals surface area contributed by atoms with Crippen molar-refractivity contribution in [1.29, 1.82) is 0 Å². The summed E-state index contributed by atoms with van der Waals surface area (Å²) in [5.41, 5.74) is 1.43. The van der Waals surface area contributed by atoms with E-state index in [0.29, 0.717) is 5.75 Å². The van der Waals surface area contributed by atoms with Crippen molar-refractivity contribution in [2.75, 3.05) is 5.75 Å². The highest BCUT2D eigenvalue weighted by atomic mass is 32.2. The largest absolute Gasteiger partial charge is 0.294 e. The summed E-state index contributed by atoms with van der Waals surface area (Å²) in [5, 5.41) is 12.0. The number of rotatable bonds is 5. The molecule has 5 heteroatoms. The molecule has 3 rings (SSSR count). The van der Waals surface area contributed by atoms with E-state index in [4.69, 9.17) is 5.26 Å². The van der Waals surface area contributed by atoms with Crippen molar-refractivity contribution in [3.63, 3.8) is 0 Å². The van der Waals surface area contributed by atoms with Gasteiger partial charge in [-0.1, -0.05) is 49.2 Å². The fourth-order valence-electron chi connectivity index (χ4n) is 4.16. The SMILES string of the molecule is CC1(C)C2CCC1(CSOOO)C(=O)/C2=C/c1ccccc1. The lowest BCUT2D eigenvalue weighted by Gasteiger charge is -2.34. The van der Waals surface area contributed by atoms with Gasteiger partial charge in [-0.15, -0.1) is 4.33 Å². The molecule has 0 spiro atoms. The van der Waals surface area contributed by atoms with Gasteiger partial charge in [0.2, 0.25) is 0 Å². The molecule has 2 unspecified atom stereocenters. The minimum atomic E-state index is -0.443. The van der Waals surface area contributed by atoms with Crippen molar-refractivity contribution in [2.24, 2.45) is 16.7 Å². The second-order valence-electron chi connectivity index (χ2n) is 6.64. The van der Waals surface area contributed by atoms with Crippen LogP contribution in [0.2, 0.25) is 0 Å². The van der Waals surface area contributed by atoms with Crippen LogP contribution in [0.3, 0.4) is 0 Å². The van der Waals surface area contributed by atoms with Gasteiger partial charge >= 0.3 is 0 Å². The normalized spacial score (nSPS) is 31.1. The molecule has 0 saturated heterocycles. The lowest BCUT2D eigenvalue weighted by Crippen LogP contribution is -2.38. The van der Waals surface area contributed by atoms with Crippen LogP contribution >= 0.6 is 12.0 Å². The Morgan fingerprint density at radius 1 is 1.36 bits per heavy atom. The maximum Gasteiger partial charge on any atom is 0.166 e. The van der Waals surface area contributed by atoms with Crippen LogP contribution < -0.4 is 0 Å². The van der Waals surface area contributed by atoms with Gasteiger partial charge in [-0.2, -0.15) is 0 Å². The zero-order chi connectivity index (χ0) is 15.8. The highest BCUT2D eigenvalue weighted by Crippen LogP contribution is 2.66. The molecule has 118 valence electrons. The summed E-state index contributed by atoms with van der Waals surface area (Å²) in [6.07, 6.45) is 3.90. The molecule has 0 radical (unpaired) electrons. The van der Waals surface area contributed by atoms with E-state index >= 15 is 0 Å². The number of hydrogen-bond donors (Lipinski definition) is 1. The van der Waals surface area contributed by atoms with E-state index < -0.39 is 5.41 Å². The smallest absolute Gasteiger partial charge is 0.166 e. The summed E-state index contributed by atoms with van der Waals surface area (Å²) in [5.74, 6) is 0.977. The Kier molecular flexibility index (Phi) is 4.16. The zero-order valence-corrected chi connectivity index (χ0v) is 13.6. The number of ketones is 1. The number of carbonyl (C=O) groups is 1. The monoisotopic (exact) mass is 320 g/mol. The Labute approximate surface area is 134 Å². The van der Waals surface area contributed by atoms with Crippen molar-refractivity contribution in [1.82, 2.24) is 0 Å². The molecule has 2 atom stereocenters. The predicted octanol–water partition coefficient (Wildman–Crippen LogP) is 4.14. The quantitative estimate of drug-likeness (QED) is 0.290. The van der Waals surface area contributed by atoms with Crippen LogP contribution in [0.4, 0.5) is 0 Å². The number of Topliss-reactive ketones (excluding diaryl/α,β-unsaturated/α-hetero) is 1. The van der Waals surface area contributed by atoms with Gasteiger partial charge in [0.15, 0.2) is 5.78 Å². The highest BCUT2D eigenvalue weighted by molar-refractivity contribution is 7.94. The zero-order valence-electron chi connectivity index (χ0n) is 12.7. The summed E-state index contributed by atoms with van der Waals surface area (Å²) in [4.78, 5) is 13.1. The summed E-state index contributed by atoms with van der Waals surface area (Å²) in [7, 11) is 0. The van der Waals surface area contributed by atoms with Crippen molar-refractivity contribution in [3.05, 3.63) is 41.5 Å². The predicted molar refractivity (Wildman–Crippen MR) is 85.6 cm³/mol. The van der Waals surface area contributed by atoms with Crippen LogP contribution in [0.15, 0.2) is 35.9 Å². The Bertz CT molecular complexity index is 596. The molecule has 0 aliphatic heterocycles. The molecule has 2 fully saturated rings. The van der Waals surface area contributed by atoms with Crippen LogP contribution in [-0.2, 0) is 14.2 Å². The van der Waals surface area contributed by atoms with E-state index in [0.717, 1.165) is 36.0 Å². The Morgan fingerprint density at radius 2 is 2.09 bits per heavy atom. The van der Waals surface area contributed by atoms with Crippen LogP contribution in [0.25, 0.3) is 6.08 Å². The molecule has 2 saturated carbocycles. The third-order valence-corrected chi connectivity index (χ3v) is 6.31. The summed E-state index contributed by atoms with van der Waals surface area (Å²) in [6, 6.07) is 9.96. The van der Waals surface area contributed by atoms with Gasteiger partial charge in [-0.3, -0.25) is 4.79 Å². The second kappa shape index (κ2) is 5.81. The molecular formula is C17H20O4S. The van der Waals surface area contributed by atoms with Crippen molar-refractivity contribution >= 4 is 23.9 Å². The third-order valence-electron chi connectivity index (χ3n) is 5.54. The average Bonchev–Trinajstić information content (AvgIpc) is 2.84. The fourth-order valence-corrected chi connectivity index (χ4v) is 5.10. The number of carbonyl (C=O) groups excluding carboxylic acids is 1. The number of allylic oxidation sites excluding steroid dienone is 1. The van der Waals surface area contributed by atoms with Gasteiger partial charge in [0, 0.05) is 23.4 Å². The molecular weight excluding hydrogens is 300 g/mol. The molecule has 4 nitrogen and oxygen atoms in total. The molecule has 0 heterocycles. The molecule has 0 aromatic heterocycles. The fraction of sp³-hybridized carbons (Fsp3) is 0.471. The standard InChI is InChI=1S/C17H20O4S/c1-16(2)14-8-9-17(16,11-22-21-20-19)15(18)13(14)10-12-6-4-3-5-7-12/h3-7,10,14,19H,8-9,11H2,1-2H3/b13-10+. The first-order valence-electron chi connectivity index (χ1n) is 7.44. The third kappa shape index (κ3) is 2.24. The minimum absolute atomic E-state index is 0.115. The summed E-state index contributed by atoms with van der Waals surface area (Å²) in [6.45, 7) is 4.32. The maximum absolute atomic E-state index is 13.1. The Morgan fingerprint density at radius 3 is 2.77 bits per heavy atom. The number of benzene rings is 1. The van der Waals surface area contributed by atoms with Gasteiger partial charge in [0.25, 0.3) is 0 Å². The lowest BCUT2D eigenvalue weighted by molar-refractivity contribution is -0.432. The molecule has 0 amide bonds. The lowest BCUT2D eigenvalue weighted by atomic mass is 9.70. The Hall–Kier alpha value is -1.14. The molecule has 1 aromatic rings. The van der Waals surface area contributed by atoms with Crippen LogP contribution in [0, 0.1) is 16.7 Å². The van der Waals surface area contributed by atoms with Crippen molar-refractivity contribution in [3.8, 4) is 0 Å². The van der Waals surface area contributed by atoms with Crippen LogP contribution in [0.1, 0.15) is 32.3 Å². The number of fused-ring (bicyclic) bond motifs is 2. The Balaban J connectivity index is 1.94. The molecule has 1 N–H and O–H groups in total. The van der Waals surface area contributed by atoms with Crippen LogP contribution in [0.5, 0.6) is 0 Å². The second-order valence-corrected chi connectivity index (χ2v) is 7.30. The summed E-state index contributed by atoms with van der Waals surface area (Å²) < 4.78 is 4.54. The van der Waals surface area contributed by atoms with E-state index in [1.165, 1.54) is 0 Å². The van der Waals surface area contributed by atoms with Crippen molar-refractivity contribution < 1.29 is 19.4 Å². The van der Waals surface area contributed by atoms with E-state index in [1.807, 2.05) is 36.4 Å². The molecule has 2 bridgehead atoms. The first-order chi connectivity index (χ1) is 10.5. The van der Waals surface area contributed by atoms with E-state index in [9.17, 15) is 4.79 Å². The first-order valence-corrected chi connectivity index (χ1v) is 8.35. The van der Waals surface area contributed by atoms with E-state index in [-0.39, 0.29) is 17.1 Å². The van der Waals surface area contributed by atoms with Crippen molar-refractivity contribution in [2.45, 2.75) is 26.7 Å². The molecule has 2 aliphatic carbocycles. The van der Waals surface area contributed by atoms with Gasteiger partial charge < -0.3 is 0 Å². The molecule has 2 aliphatic rings.